The van der Waals surface area contributed by atoms with Gasteiger partial charge in [-0.25, -0.2) is 4.79 Å². The van der Waals surface area contributed by atoms with Crippen LogP contribution < -0.4 is 10.6 Å². The van der Waals surface area contributed by atoms with Crippen LogP contribution in [0.25, 0.3) is 0 Å². The van der Waals surface area contributed by atoms with E-state index in [2.05, 4.69) is 10.6 Å². The van der Waals surface area contributed by atoms with Crippen LogP contribution in [0.15, 0.2) is 18.2 Å². The summed E-state index contributed by atoms with van der Waals surface area (Å²) in [4.78, 5) is 21.5. The highest BCUT2D eigenvalue weighted by Crippen LogP contribution is 2.34. The van der Waals surface area contributed by atoms with Gasteiger partial charge in [0, 0.05) is 19.2 Å². The molecule has 0 radical (unpaired) electrons. The third kappa shape index (κ3) is 6.31. The van der Waals surface area contributed by atoms with Crippen molar-refractivity contribution in [1.82, 2.24) is 5.32 Å². The van der Waals surface area contributed by atoms with Gasteiger partial charge in [-0.1, -0.05) is 0 Å². The first-order chi connectivity index (χ1) is 10.9. The molecular weight excluding hydrogens is 331 g/mol. The Morgan fingerprint density at radius 2 is 1.88 bits per heavy atom. The zero-order valence-electron chi connectivity index (χ0n) is 13.4. The molecule has 0 bridgehead atoms. The third-order valence-electron chi connectivity index (χ3n) is 2.63. The summed E-state index contributed by atoms with van der Waals surface area (Å²) in [6.07, 6.45) is -5.30. The molecule has 24 heavy (non-hydrogen) atoms. The van der Waals surface area contributed by atoms with Crippen molar-refractivity contribution in [2.75, 3.05) is 18.4 Å². The molecule has 0 heterocycles. The number of carbonyl (C=O) groups excluding carboxylic acids is 1. The molecule has 1 aromatic carbocycles. The summed E-state index contributed by atoms with van der Waals surface area (Å²) in [7, 11) is 0. The van der Waals surface area contributed by atoms with E-state index in [1.54, 1.807) is 20.8 Å². The number of anilines is 1. The van der Waals surface area contributed by atoms with E-state index < -0.39 is 34.0 Å². The van der Waals surface area contributed by atoms with Crippen LogP contribution in [0.3, 0.4) is 0 Å². The largest absolute Gasteiger partial charge is 0.444 e. The molecule has 1 aromatic rings. The van der Waals surface area contributed by atoms with Gasteiger partial charge < -0.3 is 15.4 Å². The van der Waals surface area contributed by atoms with E-state index in [1.807, 2.05) is 0 Å². The van der Waals surface area contributed by atoms with Gasteiger partial charge in [0.05, 0.1) is 10.5 Å². The second-order valence-corrected chi connectivity index (χ2v) is 5.84. The number of amides is 1. The average molecular weight is 349 g/mol. The zero-order valence-corrected chi connectivity index (χ0v) is 13.4. The molecule has 10 heteroatoms. The summed E-state index contributed by atoms with van der Waals surface area (Å²) in [5.41, 5.74) is -2.45. The van der Waals surface area contributed by atoms with Crippen molar-refractivity contribution < 1.29 is 27.6 Å². The van der Waals surface area contributed by atoms with Crippen LogP contribution in [-0.4, -0.2) is 29.7 Å². The number of benzene rings is 1. The molecule has 0 aliphatic carbocycles. The Kier molecular flexibility index (Phi) is 5.99. The summed E-state index contributed by atoms with van der Waals surface area (Å²) in [6, 6.07) is 2.08. The van der Waals surface area contributed by atoms with Gasteiger partial charge in [-0.15, -0.1) is 0 Å². The summed E-state index contributed by atoms with van der Waals surface area (Å²) < 4.78 is 43.0. The van der Waals surface area contributed by atoms with E-state index in [-0.39, 0.29) is 18.8 Å². The van der Waals surface area contributed by atoms with Gasteiger partial charge in [0.2, 0.25) is 0 Å². The highest BCUT2D eigenvalue weighted by molar-refractivity contribution is 5.68. The van der Waals surface area contributed by atoms with Crippen molar-refractivity contribution >= 4 is 17.5 Å². The fraction of sp³-hybridized carbons (Fsp3) is 0.500. The fourth-order valence-electron chi connectivity index (χ4n) is 1.69. The van der Waals surface area contributed by atoms with Gasteiger partial charge in [-0.3, -0.25) is 10.1 Å². The Hall–Kier alpha value is -2.52. The fourth-order valence-corrected chi connectivity index (χ4v) is 1.69. The van der Waals surface area contributed by atoms with E-state index in [9.17, 15) is 28.1 Å². The van der Waals surface area contributed by atoms with Gasteiger partial charge in [0.15, 0.2) is 0 Å². The standard InChI is InChI=1S/C14H18F3N3O4/c1-13(2,3)24-12(21)19-7-6-18-10-8-9(14(15,16)17)4-5-11(10)20(22)23/h4-5,8,18H,6-7H2,1-3H3,(H,19,21). The highest BCUT2D eigenvalue weighted by Gasteiger charge is 2.32. The molecular formula is C14H18F3N3O4. The zero-order chi connectivity index (χ0) is 18.5. The Morgan fingerprint density at radius 3 is 2.38 bits per heavy atom. The van der Waals surface area contributed by atoms with Crippen molar-refractivity contribution in [2.24, 2.45) is 0 Å². The predicted molar refractivity (Wildman–Crippen MR) is 80.8 cm³/mol. The van der Waals surface area contributed by atoms with Gasteiger partial charge in [-0.2, -0.15) is 13.2 Å². The molecule has 0 saturated carbocycles. The molecule has 0 aliphatic rings. The maximum Gasteiger partial charge on any atom is 0.416 e. The molecule has 2 N–H and O–H groups in total. The van der Waals surface area contributed by atoms with E-state index >= 15 is 0 Å². The third-order valence-corrected chi connectivity index (χ3v) is 2.63. The highest BCUT2D eigenvalue weighted by atomic mass is 19.4. The number of hydrogen-bond acceptors (Lipinski definition) is 5. The topological polar surface area (TPSA) is 93.5 Å². The van der Waals surface area contributed by atoms with Crippen LogP contribution in [-0.2, 0) is 10.9 Å². The minimum atomic E-state index is -4.61. The monoisotopic (exact) mass is 349 g/mol. The molecule has 134 valence electrons. The quantitative estimate of drug-likeness (QED) is 0.482. The minimum absolute atomic E-state index is 0.0125. The van der Waals surface area contributed by atoms with Gasteiger partial charge in [0.1, 0.15) is 11.3 Å². The molecule has 7 nitrogen and oxygen atoms in total. The van der Waals surface area contributed by atoms with E-state index in [1.165, 1.54) is 0 Å². The van der Waals surface area contributed by atoms with Crippen LogP contribution in [0.1, 0.15) is 26.3 Å². The maximum absolute atomic E-state index is 12.7. The lowest BCUT2D eigenvalue weighted by atomic mass is 10.1. The molecule has 0 saturated heterocycles. The van der Waals surface area contributed by atoms with E-state index in [0.29, 0.717) is 12.1 Å². The van der Waals surface area contributed by atoms with E-state index in [4.69, 9.17) is 4.74 Å². The number of halogens is 3. The van der Waals surface area contributed by atoms with Crippen molar-refractivity contribution in [3.05, 3.63) is 33.9 Å². The number of rotatable bonds is 5. The lowest BCUT2D eigenvalue weighted by Gasteiger charge is -2.19. The average Bonchev–Trinajstić information content (AvgIpc) is 2.40. The Bertz CT molecular complexity index is 612. The number of hydrogen-bond donors (Lipinski definition) is 2. The molecule has 1 rings (SSSR count). The summed E-state index contributed by atoms with van der Waals surface area (Å²) in [5.74, 6) is 0. The van der Waals surface area contributed by atoms with Gasteiger partial charge in [-0.05, 0) is 32.9 Å². The molecule has 0 aromatic heterocycles. The smallest absolute Gasteiger partial charge is 0.416 e. The number of nitrogens with zero attached hydrogens (tertiary/aromatic N) is 1. The maximum atomic E-state index is 12.7. The molecule has 0 unspecified atom stereocenters. The molecule has 0 fully saturated rings. The molecule has 0 aliphatic heterocycles. The normalized spacial score (nSPS) is 11.8. The van der Waals surface area contributed by atoms with Crippen LogP contribution in [0, 0.1) is 10.1 Å². The van der Waals surface area contributed by atoms with Crippen LogP contribution in [0.5, 0.6) is 0 Å². The lowest BCUT2D eigenvalue weighted by molar-refractivity contribution is -0.384. The second kappa shape index (κ2) is 7.37. The summed E-state index contributed by atoms with van der Waals surface area (Å²) >= 11 is 0. The van der Waals surface area contributed by atoms with Crippen LogP contribution in [0.4, 0.5) is 29.3 Å². The summed E-state index contributed by atoms with van der Waals surface area (Å²) in [6.45, 7) is 5.04. The second-order valence-electron chi connectivity index (χ2n) is 5.84. The number of nitro benzene ring substituents is 1. The Morgan fingerprint density at radius 1 is 1.25 bits per heavy atom. The minimum Gasteiger partial charge on any atom is -0.444 e. The predicted octanol–water partition coefficient (Wildman–Crippen LogP) is 3.55. The summed E-state index contributed by atoms with van der Waals surface area (Å²) in [5, 5.41) is 15.8. The molecule has 0 atom stereocenters. The van der Waals surface area contributed by atoms with E-state index in [0.717, 1.165) is 6.07 Å². The number of nitrogens with one attached hydrogen (secondary N) is 2. The van der Waals surface area contributed by atoms with Crippen molar-refractivity contribution in [1.29, 1.82) is 0 Å². The van der Waals surface area contributed by atoms with Crippen LogP contribution in [0.2, 0.25) is 0 Å². The van der Waals surface area contributed by atoms with Gasteiger partial charge in [0.25, 0.3) is 5.69 Å². The lowest BCUT2D eigenvalue weighted by Crippen LogP contribution is -2.35. The number of alkyl carbamates (subject to hydrolysis) is 1. The van der Waals surface area contributed by atoms with Gasteiger partial charge >= 0.3 is 12.3 Å². The number of carbonyl (C=O) groups is 1. The number of alkyl halides is 3. The first-order valence-electron chi connectivity index (χ1n) is 6.96. The Labute approximate surface area is 136 Å². The van der Waals surface area contributed by atoms with Crippen molar-refractivity contribution in [3.8, 4) is 0 Å². The van der Waals surface area contributed by atoms with Crippen molar-refractivity contribution in [2.45, 2.75) is 32.5 Å². The SMILES string of the molecule is CC(C)(C)OC(=O)NCCNc1cc(C(F)(F)F)ccc1[N+](=O)[O-]. The number of ether oxygens (including phenoxy) is 1. The number of nitro groups is 1. The van der Waals surface area contributed by atoms with Crippen molar-refractivity contribution in [3.63, 3.8) is 0 Å². The molecule has 0 spiro atoms. The van der Waals surface area contributed by atoms with Crippen LogP contribution >= 0.6 is 0 Å². The first kappa shape index (κ1) is 19.5. The molecule has 1 amide bonds. The first-order valence-corrected chi connectivity index (χ1v) is 6.96. The Balaban J connectivity index is 2.69.